The Morgan fingerprint density at radius 1 is 0.811 bits per heavy atom. The molecule has 4 heterocycles. The first-order valence-corrected chi connectivity index (χ1v) is 18.6. The third-order valence-corrected chi connectivity index (χ3v) is 10.6. The standard InChI is InChI=1S/C43H50N8O2/c1-27-8-16-35(17-9-27)51-39(26-38(48-51)43(4,5)6)47-42(53)46-33-14-10-30(11-15-33)23-31-24-36-20-21-37(25-31)50(36)40(52)32-12-18-34(19-13-32)49(7)41-44-28(2)22-29(3)45-41/h8-19,22,26,31,36-37H,20-21,23-25H2,1-7H3,(H2,46,47,53). The predicted molar refractivity (Wildman–Crippen MR) is 212 cm³/mol. The van der Waals surface area contributed by atoms with Crippen LogP contribution in [0, 0.1) is 26.7 Å². The van der Waals surface area contributed by atoms with Crippen molar-refractivity contribution < 1.29 is 9.59 Å². The molecule has 10 heteroatoms. The Bertz CT molecular complexity index is 2060. The van der Waals surface area contributed by atoms with Crippen molar-refractivity contribution in [3.63, 3.8) is 0 Å². The van der Waals surface area contributed by atoms with Gasteiger partial charge in [-0.25, -0.2) is 19.4 Å². The van der Waals surface area contributed by atoms with Gasteiger partial charge in [-0.2, -0.15) is 5.10 Å². The first-order valence-electron chi connectivity index (χ1n) is 18.6. The van der Waals surface area contributed by atoms with Crippen molar-refractivity contribution in [1.29, 1.82) is 0 Å². The molecule has 3 amide bonds. The van der Waals surface area contributed by atoms with Crippen LogP contribution in [0.5, 0.6) is 0 Å². The number of carbonyl (C=O) groups is 2. The van der Waals surface area contributed by atoms with Crippen molar-refractivity contribution in [1.82, 2.24) is 24.6 Å². The van der Waals surface area contributed by atoms with Crippen LogP contribution >= 0.6 is 0 Å². The molecule has 5 aromatic rings. The topological polar surface area (TPSA) is 108 Å². The Morgan fingerprint density at radius 2 is 1.43 bits per heavy atom. The van der Waals surface area contributed by atoms with Crippen molar-refractivity contribution in [3.05, 3.63) is 119 Å². The van der Waals surface area contributed by atoms with Gasteiger partial charge in [-0.1, -0.05) is 50.6 Å². The summed E-state index contributed by atoms with van der Waals surface area (Å²) in [4.78, 5) is 40.2. The van der Waals surface area contributed by atoms with Crippen LogP contribution in [0.25, 0.3) is 5.69 Å². The highest BCUT2D eigenvalue weighted by Crippen LogP contribution is 2.41. The van der Waals surface area contributed by atoms with Crippen LogP contribution in [0.4, 0.5) is 27.9 Å². The summed E-state index contributed by atoms with van der Waals surface area (Å²) >= 11 is 0. The molecule has 3 aromatic carbocycles. The lowest BCUT2D eigenvalue weighted by molar-refractivity contribution is 0.0524. The van der Waals surface area contributed by atoms with Crippen LogP contribution in [0.3, 0.4) is 0 Å². The maximum atomic E-state index is 13.8. The number of nitrogens with one attached hydrogen (secondary N) is 2. The predicted octanol–water partition coefficient (Wildman–Crippen LogP) is 8.92. The van der Waals surface area contributed by atoms with Crippen molar-refractivity contribution in [3.8, 4) is 5.69 Å². The van der Waals surface area contributed by atoms with Crippen LogP contribution in [-0.4, -0.2) is 55.7 Å². The lowest BCUT2D eigenvalue weighted by Crippen LogP contribution is -2.46. The van der Waals surface area contributed by atoms with Gasteiger partial charge in [0, 0.05) is 58.9 Å². The Balaban J connectivity index is 0.944. The summed E-state index contributed by atoms with van der Waals surface area (Å²) in [6.07, 6.45) is 5.06. The van der Waals surface area contributed by atoms with Crippen LogP contribution in [0.1, 0.15) is 85.0 Å². The van der Waals surface area contributed by atoms with E-state index < -0.39 is 0 Å². The summed E-state index contributed by atoms with van der Waals surface area (Å²) in [5.41, 5.74) is 8.24. The fraction of sp³-hybridized carbons (Fsp3) is 0.372. The fourth-order valence-electron chi connectivity index (χ4n) is 7.79. The van der Waals surface area contributed by atoms with Gasteiger partial charge in [0.25, 0.3) is 5.91 Å². The Morgan fingerprint density at radius 3 is 2.04 bits per heavy atom. The minimum atomic E-state index is -0.322. The summed E-state index contributed by atoms with van der Waals surface area (Å²) in [7, 11) is 1.95. The van der Waals surface area contributed by atoms with Gasteiger partial charge in [-0.3, -0.25) is 10.1 Å². The number of rotatable bonds is 8. The molecule has 274 valence electrons. The highest BCUT2D eigenvalue weighted by molar-refractivity contribution is 5.99. The first kappa shape index (κ1) is 35.9. The van der Waals surface area contributed by atoms with E-state index in [0.717, 1.165) is 77.4 Å². The number of benzene rings is 3. The van der Waals surface area contributed by atoms with E-state index in [1.807, 2.05) is 106 Å². The van der Waals surface area contributed by atoms with Gasteiger partial charge in [-0.05, 0) is 119 Å². The summed E-state index contributed by atoms with van der Waals surface area (Å²) in [6, 6.07) is 28.1. The Labute approximate surface area is 312 Å². The number of hydrogen-bond donors (Lipinski definition) is 2. The first-order chi connectivity index (χ1) is 25.3. The van der Waals surface area contributed by atoms with Gasteiger partial charge in [0.2, 0.25) is 5.95 Å². The summed E-state index contributed by atoms with van der Waals surface area (Å²) in [5.74, 6) is 1.89. The lowest BCUT2D eigenvalue weighted by Gasteiger charge is -2.39. The van der Waals surface area contributed by atoms with E-state index in [1.165, 1.54) is 5.56 Å². The van der Waals surface area contributed by atoms with E-state index in [9.17, 15) is 9.59 Å². The molecular formula is C43H50N8O2. The van der Waals surface area contributed by atoms with E-state index >= 15 is 0 Å². The minimum Gasteiger partial charge on any atom is -0.333 e. The molecule has 2 N–H and O–H groups in total. The second kappa shape index (κ2) is 14.5. The van der Waals surface area contributed by atoms with Gasteiger partial charge in [0.05, 0.1) is 11.4 Å². The van der Waals surface area contributed by atoms with Gasteiger partial charge in [0.15, 0.2) is 0 Å². The Hall–Kier alpha value is -5.51. The number of piperidine rings is 1. The van der Waals surface area contributed by atoms with Gasteiger partial charge < -0.3 is 15.1 Å². The maximum absolute atomic E-state index is 13.8. The molecule has 2 unspecified atom stereocenters. The average Bonchev–Trinajstić information content (AvgIpc) is 3.66. The van der Waals surface area contributed by atoms with E-state index in [1.54, 1.807) is 4.68 Å². The molecule has 2 aliphatic heterocycles. The third-order valence-electron chi connectivity index (χ3n) is 10.6. The fourth-order valence-corrected chi connectivity index (χ4v) is 7.79. The molecule has 0 aliphatic carbocycles. The SMILES string of the molecule is Cc1ccc(-n2nc(C(C)(C)C)cc2NC(=O)Nc2ccc(CC3CC4CCC(C3)N4C(=O)c3ccc(N(C)c4nc(C)cc(C)n4)cc3)cc2)cc1. The number of aryl methyl sites for hydroxylation is 3. The van der Waals surface area contributed by atoms with Crippen LogP contribution in [-0.2, 0) is 11.8 Å². The molecule has 2 bridgehead atoms. The second-order valence-corrected chi connectivity index (χ2v) is 15.9. The number of amides is 3. The smallest absolute Gasteiger partial charge is 0.324 e. The van der Waals surface area contributed by atoms with E-state index in [4.69, 9.17) is 5.10 Å². The maximum Gasteiger partial charge on any atom is 0.324 e. The number of nitrogens with zero attached hydrogens (tertiary/aromatic N) is 6. The van der Waals surface area contributed by atoms with Crippen LogP contribution < -0.4 is 15.5 Å². The van der Waals surface area contributed by atoms with E-state index in [2.05, 4.69) is 58.4 Å². The number of carbonyl (C=O) groups excluding carboxylic acids is 2. The highest BCUT2D eigenvalue weighted by Gasteiger charge is 2.43. The molecule has 2 atom stereocenters. The molecule has 10 nitrogen and oxygen atoms in total. The number of anilines is 4. The van der Waals surface area contributed by atoms with E-state index in [0.29, 0.717) is 17.7 Å². The molecule has 0 radical (unpaired) electrons. The third kappa shape index (κ3) is 7.96. The summed E-state index contributed by atoms with van der Waals surface area (Å²) in [5, 5.41) is 10.8. The van der Waals surface area contributed by atoms with Crippen molar-refractivity contribution in [2.24, 2.45) is 5.92 Å². The average molecular weight is 711 g/mol. The van der Waals surface area contributed by atoms with Gasteiger partial charge in [0.1, 0.15) is 5.82 Å². The summed E-state index contributed by atoms with van der Waals surface area (Å²) < 4.78 is 1.79. The molecule has 53 heavy (non-hydrogen) atoms. The second-order valence-electron chi connectivity index (χ2n) is 15.9. The normalized spacial score (nSPS) is 18.2. The molecule has 2 fully saturated rings. The molecule has 0 saturated carbocycles. The molecule has 2 aliphatic rings. The molecule has 2 saturated heterocycles. The number of hydrogen-bond acceptors (Lipinski definition) is 6. The highest BCUT2D eigenvalue weighted by atomic mass is 16.2. The van der Waals surface area contributed by atoms with Crippen molar-refractivity contribution >= 4 is 35.1 Å². The number of aromatic nitrogens is 4. The van der Waals surface area contributed by atoms with Crippen LogP contribution in [0.2, 0.25) is 0 Å². The largest absolute Gasteiger partial charge is 0.333 e. The quantitative estimate of drug-likeness (QED) is 0.167. The lowest BCUT2D eigenvalue weighted by atomic mass is 9.85. The zero-order chi connectivity index (χ0) is 37.4. The zero-order valence-corrected chi connectivity index (χ0v) is 31.9. The minimum absolute atomic E-state index is 0.123. The Kier molecular flexibility index (Phi) is 9.81. The number of fused-ring (bicyclic) bond motifs is 2. The zero-order valence-electron chi connectivity index (χ0n) is 31.9. The molecule has 2 aromatic heterocycles. The van der Waals surface area contributed by atoms with Gasteiger partial charge >= 0.3 is 6.03 Å². The van der Waals surface area contributed by atoms with Gasteiger partial charge in [-0.15, -0.1) is 0 Å². The number of urea groups is 1. The molecule has 0 spiro atoms. The molecule has 7 rings (SSSR count). The van der Waals surface area contributed by atoms with E-state index in [-0.39, 0.29) is 29.4 Å². The van der Waals surface area contributed by atoms with Crippen molar-refractivity contribution in [2.45, 2.75) is 91.1 Å². The van der Waals surface area contributed by atoms with Crippen LogP contribution in [0.15, 0.2) is 84.9 Å². The molecular weight excluding hydrogens is 661 g/mol. The van der Waals surface area contributed by atoms with Crippen molar-refractivity contribution in [2.75, 3.05) is 22.6 Å². The summed E-state index contributed by atoms with van der Waals surface area (Å²) in [6.45, 7) is 12.3. The monoisotopic (exact) mass is 710 g/mol.